The number of rotatable bonds is 7. The number of hydrogen-bond acceptors (Lipinski definition) is 4. The third-order valence-corrected chi connectivity index (χ3v) is 4.26. The van der Waals surface area contributed by atoms with Gasteiger partial charge in [-0.05, 0) is 63.6 Å². The minimum Gasteiger partial charge on any atom is -0.491 e. The Bertz CT molecular complexity index is 999. The number of anilines is 1. The number of nitrogens with one attached hydrogen (secondary N) is 1. The highest BCUT2D eigenvalue weighted by Crippen LogP contribution is 2.27. The summed E-state index contributed by atoms with van der Waals surface area (Å²) < 4.78 is 11.6. The maximum atomic E-state index is 12.6. The fourth-order valence-electron chi connectivity index (χ4n) is 2.90. The van der Waals surface area contributed by atoms with Gasteiger partial charge in [0.15, 0.2) is 0 Å². The monoisotopic (exact) mass is 390 g/mol. The summed E-state index contributed by atoms with van der Waals surface area (Å²) in [5.41, 5.74) is 2.91. The zero-order chi connectivity index (χ0) is 20.8. The number of carbonyl (C=O) groups excluding carboxylic acids is 1. The van der Waals surface area contributed by atoms with Crippen LogP contribution in [0.3, 0.4) is 0 Å². The Morgan fingerprint density at radius 1 is 1.00 bits per heavy atom. The minimum atomic E-state index is -0.192. The molecule has 0 saturated heterocycles. The van der Waals surface area contributed by atoms with Gasteiger partial charge in [-0.25, -0.2) is 0 Å². The van der Waals surface area contributed by atoms with Crippen LogP contribution in [0.4, 0.5) is 5.69 Å². The molecule has 1 heterocycles. The van der Waals surface area contributed by atoms with Crippen molar-refractivity contribution in [2.45, 2.75) is 40.2 Å². The van der Waals surface area contributed by atoms with Gasteiger partial charge in [-0.1, -0.05) is 19.1 Å². The van der Waals surface area contributed by atoms with Gasteiger partial charge in [0.05, 0.1) is 17.4 Å². The SMILES string of the molecule is CCc1ccc(C(=O)Nc2cccc(Oc3cccc(OC(C)C)c3)c2)c(C)n1. The van der Waals surface area contributed by atoms with Crippen LogP contribution in [0.1, 0.15) is 42.5 Å². The molecule has 3 aromatic rings. The Morgan fingerprint density at radius 3 is 2.38 bits per heavy atom. The molecule has 29 heavy (non-hydrogen) atoms. The summed E-state index contributed by atoms with van der Waals surface area (Å²) in [6.45, 7) is 7.84. The summed E-state index contributed by atoms with van der Waals surface area (Å²) >= 11 is 0. The first-order chi connectivity index (χ1) is 13.9. The Morgan fingerprint density at radius 2 is 1.69 bits per heavy atom. The van der Waals surface area contributed by atoms with Crippen LogP contribution < -0.4 is 14.8 Å². The van der Waals surface area contributed by atoms with Crippen molar-refractivity contribution in [1.82, 2.24) is 4.98 Å². The Labute approximate surface area is 171 Å². The first kappa shape index (κ1) is 20.4. The van der Waals surface area contributed by atoms with E-state index >= 15 is 0 Å². The second-order valence-corrected chi connectivity index (χ2v) is 7.01. The van der Waals surface area contributed by atoms with Crippen LogP contribution in [0.5, 0.6) is 17.2 Å². The molecule has 0 saturated carbocycles. The second kappa shape index (κ2) is 9.24. The number of benzene rings is 2. The van der Waals surface area contributed by atoms with Crippen LogP contribution in [0, 0.1) is 6.92 Å². The van der Waals surface area contributed by atoms with Crippen molar-refractivity contribution in [2.24, 2.45) is 0 Å². The smallest absolute Gasteiger partial charge is 0.257 e. The number of aryl methyl sites for hydroxylation is 2. The van der Waals surface area contributed by atoms with E-state index in [9.17, 15) is 4.79 Å². The predicted octanol–water partition coefficient (Wildman–Crippen LogP) is 5.78. The number of ether oxygens (including phenoxy) is 2. The van der Waals surface area contributed by atoms with Crippen molar-refractivity contribution >= 4 is 11.6 Å². The minimum absolute atomic E-state index is 0.0909. The van der Waals surface area contributed by atoms with Crippen molar-refractivity contribution in [3.63, 3.8) is 0 Å². The molecule has 0 aliphatic rings. The molecule has 0 spiro atoms. The van der Waals surface area contributed by atoms with Crippen molar-refractivity contribution in [3.05, 3.63) is 77.6 Å². The summed E-state index contributed by atoms with van der Waals surface area (Å²) in [5, 5.41) is 2.92. The first-order valence-electron chi connectivity index (χ1n) is 9.77. The summed E-state index contributed by atoms with van der Waals surface area (Å²) in [6.07, 6.45) is 0.930. The highest BCUT2D eigenvalue weighted by Gasteiger charge is 2.11. The number of amides is 1. The molecule has 0 radical (unpaired) electrons. The number of pyridine rings is 1. The molecule has 0 aliphatic heterocycles. The number of nitrogens with zero attached hydrogens (tertiary/aromatic N) is 1. The van der Waals surface area contributed by atoms with Crippen LogP contribution in [-0.4, -0.2) is 17.0 Å². The maximum Gasteiger partial charge on any atom is 0.257 e. The molecule has 5 heteroatoms. The molecule has 1 aromatic heterocycles. The lowest BCUT2D eigenvalue weighted by Gasteiger charge is -2.12. The number of aromatic nitrogens is 1. The molecule has 0 unspecified atom stereocenters. The lowest BCUT2D eigenvalue weighted by molar-refractivity contribution is 0.102. The van der Waals surface area contributed by atoms with E-state index in [1.807, 2.05) is 82.3 Å². The Hall–Kier alpha value is -3.34. The topological polar surface area (TPSA) is 60.5 Å². The van der Waals surface area contributed by atoms with E-state index in [0.29, 0.717) is 22.7 Å². The van der Waals surface area contributed by atoms with Gasteiger partial charge in [-0.2, -0.15) is 0 Å². The third kappa shape index (κ3) is 5.57. The van der Waals surface area contributed by atoms with E-state index in [4.69, 9.17) is 9.47 Å². The molecule has 2 aromatic carbocycles. The van der Waals surface area contributed by atoms with E-state index in [2.05, 4.69) is 10.3 Å². The normalized spacial score (nSPS) is 10.7. The molecular weight excluding hydrogens is 364 g/mol. The van der Waals surface area contributed by atoms with Crippen LogP contribution in [0.15, 0.2) is 60.7 Å². The van der Waals surface area contributed by atoms with Crippen molar-refractivity contribution < 1.29 is 14.3 Å². The summed E-state index contributed by atoms with van der Waals surface area (Å²) in [7, 11) is 0. The molecule has 0 atom stereocenters. The van der Waals surface area contributed by atoms with Crippen molar-refractivity contribution in [2.75, 3.05) is 5.32 Å². The van der Waals surface area contributed by atoms with E-state index in [-0.39, 0.29) is 12.0 Å². The Balaban J connectivity index is 1.72. The fourth-order valence-corrected chi connectivity index (χ4v) is 2.90. The lowest BCUT2D eigenvalue weighted by atomic mass is 10.1. The molecule has 0 fully saturated rings. The van der Waals surface area contributed by atoms with E-state index in [1.54, 1.807) is 6.07 Å². The largest absolute Gasteiger partial charge is 0.491 e. The van der Waals surface area contributed by atoms with Gasteiger partial charge in [0.1, 0.15) is 17.2 Å². The molecule has 1 amide bonds. The highest BCUT2D eigenvalue weighted by molar-refractivity contribution is 6.05. The van der Waals surface area contributed by atoms with Gasteiger partial charge in [-0.15, -0.1) is 0 Å². The molecule has 1 N–H and O–H groups in total. The molecule has 0 bridgehead atoms. The zero-order valence-electron chi connectivity index (χ0n) is 17.2. The average Bonchev–Trinajstić information content (AvgIpc) is 2.67. The van der Waals surface area contributed by atoms with E-state index < -0.39 is 0 Å². The Kier molecular flexibility index (Phi) is 6.50. The predicted molar refractivity (Wildman–Crippen MR) is 115 cm³/mol. The first-order valence-corrected chi connectivity index (χ1v) is 9.77. The molecule has 150 valence electrons. The quantitative estimate of drug-likeness (QED) is 0.555. The van der Waals surface area contributed by atoms with Crippen molar-refractivity contribution in [1.29, 1.82) is 0 Å². The summed E-state index contributed by atoms with van der Waals surface area (Å²) in [5.74, 6) is 1.85. The van der Waals surface area contributed by atoms with E-state index in [0.717, 1.165) is 23.6 Å². The standard InChI is InChI=1S/C24H26N2O3/c1-5-18-12-13-23(17(4)25-18)24(27)26-19-8-6-9-20(14-19)29-22-11-7-10-21(15-22)28-16(2)3/h6-16H,5H2,1-4H3,(H,26,27). The van der Waals surface area contributed by atoms with Crippen LogP contribution >= 0.6 is 0 Å². The molecular formula is C24H26N2O3. The fraction of sp³-hybridized carbons (Fsp3) is 0.250. The van der Waals surface area contributed by atoms with Crippen LogP contribution in [0.2, 0.25) is 0 Å². The summed E-state index contributed by atoms with van der Waals surface area (Å²) in [4.78, 5) is 17.1. The van der Waals surface area contributed by atoms with Crippen LogP contribution in [-0.2, 0) is 6.42 Å². The van der Waals surface area contributed by atoms with E-state index in [1.165, 1.54) is 0 Å². The molecule has 0 aliphatic carbocycles. The van der Waals surface area contributed by atoms with Gasteiger partial charge in [0, 0.05) is 23.5 Å². The number of carbonyl (C=O) groups is 1. The summed E-state index contributed by atoms with van der Waals surface area (Å²) in [6, 6.07) is 18.5. The maximum absolute atomic E-state index is 12.6. The van der Waals surface area contributed by atoms with Gasteiger partial charge in [-0.3, -0.25) is 9.78 Å². The lowest BCUT2D eigenvalue weighted by Crippen LogP contribution is -2.14. The highest BCUT2D eigenvalue weighted by atomic mass is 16.5. The average molecular weight is 390 g/mol. The molecule has 3 rings (SSSR count). The third-order valence-electron chi connectivity index (χ3n) is 4.26. The zero-order valence-corrected chi connectivity index (χ0v) is 17.2. The van der Waals surface area contributed by atoms with Gasteiger partial charge < -0.3 is 14.8 Å². The van der Waals surface area contributed by atoms with Crippen molar-refractivity contribution in [3.8, 4) is 17.2 Å². The second-order valence-electron chi connectivity index (χ2n) is 7.01. The molecule has 5 nitrogen and oxygen atoms in total. The van der Waals surface area contributed by atoms with Crippen LogP contribution in [0.25, 0.3) is 0 Å². The van der Waals surface area contributed by atoms with Gasteiger partial charge >= 0.3 is 0 Å². The number of hydrogen-bond donors (Lipinski definition) is 1. The van der Waals surface area contributed by atoms with Gasteiger partial charge in [0.25, 0.3) is 5.91 Å². The van der Waals surface area contributed by atoms with Gasteiger partial charge in [0.2, 0.25) is 0 Å².